The van der Waals surface area contributed by atoms with Crippen LogP contribution in [0.1, 0.15) is 0 Å². The minimum absolute atomic E-state index is 0.322. The first-order valence-electron chi connectivity index (χ1n) is 5.03. The second-order valence-electron chi connectivity index (χ2n) is 3.78. The molecule has 0 amide bonds. The Hall–Kier alpha value is -1.32. The lowest BCUT2D eigenvalue weighted by Gasteiger charge is -2.08. The van der Waals surface area contributed by atoms with E-state index >= 15 is 0 Å². The molecule has 0 spiro atoms. The highest BCUT2D eigenvalue weighted by atomic mass is 35.5. The minimum atomic E-state index is -3.24. The summed E-state index contributed by atoms with van der Waals surface area (Å²) in [6, 6.07) is 14.1. The van der Waals surface area contributed by atoms with E-state index < -0.39 is 9.84 Å². The largest absolute Gasteiger partial charge is 0.224 e. The molecule has 2 aromatic carbocycles. The van der Waals surface area contributed by atoms with Gasteiger partial charge in [0.05, 0.1) is 4.90 Å². The second kappa shape index (κ2) is 4.51. The van der Waals surface area contributed by atoms with Gasteiger partial charge in [-0.15, -0.1) is 0 Å². The van der Waals surface area contributed by atoms with Crippen LogP contribution in [0.3, 0.4) is 0 Å². The van der Waals surface area contributed by atoms with Crippen LogP contribution >= 0.6 is 11.6 Å². The molecule has 0 aliphatic carbocycles. The number of sulfone groups is 1. The summed E-state index contributed by atoms with van der Waals surface area (Å²) < 4.78 is 23.4. The van der Waals surface area contributed by atoms with Crippen LogP contribution in [0.25, 0.3) is 11.1 Å². The highest BCUT2D eigenvalue weighted by Crippen LogP contribution is 2.28. The van der Waals surface area contributed by atoms with E-state index in [1.54, 1.807) is 36.4 Å². The SMILES string of the molecule is CS(=O)(=O)c1ccccc1-c1cccc(Cl)c1. The normalized spacial score (nSPS) is 11.4. The van der Waals surface area contributed by atoms with Gasteiger partial charge in [0.2, 0.25) is 0 Å². The van der Waals surface area contributed by atoms with Crippen LogP contribution in [0.5, 0.6) is 0 Å². The van der Waals surface area contributed by atoms with E-state index in [2.05, 4.69) is 0 Å². The molecule has 2 nitrogen and oxygen atoms in total. The first kappa shape index (κ1) is 12.1. The fourth-order valence-corrected chi connectivity index (χ4v) is 2.79. The van der Waals surface area contributed by atoms with E-state index in [1.807, 2.05) is 12.1 Å². The monoisotopic (exact) mass is 266 g/mol. The number of benzene rings is 2. The van der Waals surface area contributed by atoms with Gasteiger partial charge in [-0.05, 0) is 23.8 Å². The van der Waals surface area contributed by atoms with Crippen molar-refractivity contribution in [3.8, 4) is 11.1 Å². The molecule has 2 rings (SSSR count). The molecule has 0 N–H and O–H groups in total. The Balaban J connectivity index is 2.69. The molecule has 0 unspecified atom stereocenters. The Morgan fingerprint density at radius 2 is 1.71 bits per heavy atom. The van der Waals surface area contributed by atoms with E-state index in [0.29, 0.717) is 15.5 Å². The minimum Gasteiger partial charge on any atom is -0.224 e. The molecule has 0 saturated heterocycles. The van der Waals surface area contributed by atoms with Crippen LogP contribution in [0.2, 0.25) is 5.02 Å². The summed E-state index contributed by atoms with van der Waals surface area (Å²) in [6.45, 7) is 0. The molecule has 0 heterocycles. The van der Waals surface area contributed by atoms with E-state index in [4.69, 9.17) is 11.6 Å². The zero-order chi connectivity index (χ0) is 12.5. The van der Waals surface area contributed by atoms with Crippen LogP contribution in [0.4, 0.5) is 0 Å². The van der Waals surface area contributed by atoms with Crippen LogP contribution in [0, 0.1) is 0 Å². The zero-order valence-corrected chi connectivity index (χ0v) is 10.8. The Morgan fingerprint density at radius 3 is 2.35 bits per heavy atom. The first-order valence-corrected chi connectivity index (χ1v) is 7.30. The molecule has 0 aliphatic heterocycles. The summed E-state index contributed by atoms with van der Waals surface area (Å²) in [5, 5.41) is 0.589. The van der Waals surface area contributed by atoms with Crippen molar-refractivity contribution < 1.29 is 8.42 Å². The molecule has 0 radical (unpaired) electrons. The summed E-state index contributed by atoms with van der Waals surface area (Å²) in [7, 11) is -3.24. The third-order valence-corrected chi connectivity index (χ3v) is 3.81. The molecule has 0 saturated carbocycles. The van der Waals surface area contributed by atoms with Gasteiger partial charge < -0.3 is 0 Å². The van der Waals surface area contributed by atoms with Crippen LogP contribution < -0.4 is 0 Å². The fraction of sp³-hybridized carbons (Fsp3) is 0.0769. The fourth-order valence-electron chi connectivity index (χ4n) is 1.68. The van der Waals surface area contributed by atoms with Crippen molar-refractivity contribution in [2.24, 2.45) is 0 Å². The predicted octanol–water partition coefficient (Wildman–Crippen LogP) is 3.41. The molecule has 0 fully saturated rings. The molecule has 0 aliphatic rings. The van der Waals surface area contributed by atoms with E-state index in [-0.39, 0.29) is 0 Å². The average Bonchev–Trinajstić information content (AvgIpc) is 2.28. The molecule has 4 heteroatoms. The maximum Gasteiger partial charge on any atom is 0.176 e. The van der Waals surface area contributed by atoms with Gasteiger partial charge in [-0.3, -0.25) is 0 Å². The molecule has 0 aromatic heterocycles. The highest BCUT2D eigenvalue weighted by molar-refractivity contribution is 7.90. The Labute approximate surface area is 106 Å². The predicted molar refractivity (Wildman–Crippen MR) is 70.0 cm³/mol. The van der Waals surface area contributed by atoms with Crippen molar-refractivity contribution in [2.45, 2.75) is 4.90 Å². The first-order chi connectivity index (χ1) is 7.98. The molecular formula is C13H11ClO2S. The van der Waals surface area contributed by atoms with Crippen LogP contribution in [-0.2, 0) is 9.84 Å². The summed E-state index contributed by atoms with van der Waals surface area (Å²) >= 11 is 5.91. The van der Waals surface area contributed by atoms with Crippen molar-refractivity contribution in [3.05, 3.63) is 53.6 Å². The smallest absolute Gasteiger partial charge is 0.176 e. The molecule has 17 heavy (non-hydrogen) atoms. The van der Waals surface area contributed by atoms with Crippen molar-refractivity contribution in [2.75, 3.05) is 6.26 Å². The van der Waals surface area contributed by atoms with E-state index in [0.717, 1.165) is 5.56 Å². The lowest BCUT2D eigenvalue weighted by atomic mass is 10.1. The highest BCUT2D eigenvalue weighted by Gasteiger charge is 2.13. The maximum absolute atomic E-state index is 11.7. The van der Waals surface area contributed by atoms with E-state index in [1.165, 1.54) is 6.26 Å². The molecule has 2 aromatic rings. The standard InChI is InChI=1S/C13H11ClO2S/c1-17(15,16)13-8-3-2-7-12(13)10-5-4-6-11(14)9-10/h2-9H,1H3. The molecule has 88 valence electrons. The number of halogens is 1. The van der Waals surface area contributed by atoms with Gasteiger partial charge in [-0.2, -0.15) is 0 Å². The van der Waals surface area contributed by atoms with E-state index in [9.17, 15) is 8.42 Å². The van der Waals surface area contributed by atoms with Crippen LogP contribution in [-0.4, -0.2) is 14.7 Å². The lowest BCUT2D eigenvalue weighted by molar-refractivity contribution is 0.602. The van der Waals surface area contributed by atoms with Gasteiger partial charge in [0.1, 0.15) is 0 Å². The quantitative estimate of drug-likeness (QED) is 0.835. The van der Waals surface area contributed by atoms with Gasteiger partial charge in [-0.25, -0.2) is 8.42 Å². The summed E-state index contributed by atoms with van der Waals surface area (Å²) in [6.07, 6.45) is 1.20. The topological polar surface area (TPSA) is 34.1 Å². The zero-order valence-electron chi connectivity index (χ0n) is 9.22. The van der Waals surface area contributed by atoms with Gasteiger partial charge in [0.15, 0.2) is 9.84 Å². The third-order valence-electron chi connectivity index (χ3n) is 2.42. The number of hydrogen-bond acceptors (Lipinski definition) is 2. The summed E-state index contributed by atoms with van der Waals surface area (Å²) in [4.78, 5) is 0.322. The Kier molecular flexibility index (Phi) is 3.22. The summed E-state index contributed by atoms with van der Waals surface area (Å²) in [5.74, 6) is 0. The second-order valence-corrected chi connectivity index (χ2v) is 6.20. The summed E-state index contributed by atoms with van der Waals surface area (Å²) in [5.41, 5.74) is 1.48. The van der Waals surface area contributed by atoms with Gasteiger partial charge in [0.25, 0.3) is 0 Å². The van der Waals surface area contributed by atoms with Gasteiger partial charge >= 0.3 is 0 Å². The lowest BCUT2D eigenvalue weighted by Crippen LogP contribution is -1.99. The van der Waals surface area contributed by atoms with Gasteiger partial charge in [0, 0.05) is 16.8 Å². The van der Waals surface area contributed by atoms with Crippen molar-refractivity contribution in [1.82, 2.24) is 0 Å². The van der Waals surface area contributed by atoms with Crippen molar-refractivity contribution in [3.63, 3.8) is 0 Å². The molecule has 0 bridgehead atoms. The average molecular weight is 267 g/mol. The Bertz CT molecular complexity index is 648. The molecule has 0 atom stereocenters. The van der Waals surface area contributed by atoms with Crippen molar-refractivity contribution in [1.29, 1.82) is 0 Å². The number of hydrogen-bond donors (Lipinski definition) is 0. The van der Waals surface area contributed by atoms with Crippen LogP contribution in [0.15, 0.2) is 53.4 Å². The Morgan fingerprint density at radius 1 is 1.00 bits per heavy atom. The van der Waals surface area contributed by atoms with Gasteiger partial charge in [-0.1, -0.05) is 41.9 Å². The molecular weight excluding hydrogens is 256 g/mol. The third kappa shape index (κ3) is 2.68. The van der Waals surface area contributed by atoms with Crippen molar-refractivity contribution >= 4 is 21.4 Å². The maximum atomic E-state index is 11.7. The number of rotatable bonds is 2.